The van der Waals surface area contributed by atoms with Crippen LogP contribution < -0.4 is 15.0 Å². The maximum atomic E-state index is 13.4. The van der Waals surface area contributed by atoms with Crippen molar-refractivity contribution in [2.45, 2.75) is 45.3 Å². The Labute approximate surface area is 182 Å². The number of fused-ring (bicyclic) bond motifs is 2. The van der Waals surface area contributed by atoms with E-state index in [0.29, 0.717) is 11.4 Å². The molecule has 4 rings (SSSR count). The van der Waals surface area contributed by atoms with Crippen LogP contribution in [-0.4, -0.2) is 35.1 Å². The minimum atomic E-state index is -0.730. The number of rotatable bonds is 6. The van der Waals surface area contributed by atoms with Gasteiger partial charge < -0.3 is 19.5 Å². The standard InChI is InChI=1S/C25H29N3O3/c1-4-18(5-2)26-25(30)23-16-28(21-12-8-9-13-22(21)31-23)24(29)14-17-15-27(3)20-11-7-6-10-19(17)20/h6-13,15,18,23H,4-5,14,16H2,1-3H3,(H,26,30). The highest BCUT2D eigenvalue weighted by atomic mass is 16.5. The molecule has 0 radical (unpaired) electrons. The minimum Gasteiger partial charge on any atom is -0.477 e. The molecule has 31 heavy (non-hydrogen) atoms. The summed E-state index contributed by atoms with van der Waals surface area (Å²) in [7, 11) is 1.98. The van der Waals surface area contributed by atoms with Crippen molar-refractivity contribution in [3.63, 3.8) is 0 Å². The predicted octanol–water partition coefficient (Wildman–Crippen LogP) is 3.82. The minimum absolute atomic E-state index is 0.0487. The van der Waals surface area contributed by atoms with Gasteiger partial charge in [-0.25, -0.2) is 0 Å². The van der Waals surface area contributed by atoms with Gasteiger partial charge >= 0.3 is 0 Å². The zero-order valence-electron chi connectivity index (χ0n) is 18.3. The molecule has 0 saturated heterocycles. The number of aryl methyl sites for hydroxylation is 1. The van der Waals surface area contributed by atoms with E-state index in [1.807, 2.05) is 80.2 Å². The molecule has 2 amide bonds. The summed E-state index contributed by atoms with van der Waals surface area (Å²) in [6.07, 6.45) is 3.25. The SMILES string of the molecule is CCC(CC)NC(=O)C1CN(C(=O)Cc2cn(C)c3ccccc23)c2ccccc2O1. The predicted molar refractivity (Wildman–Crippen MR) is 122 cm³/mol. The third-order valence-corrected chi connectivity index (χ3v) is 6.02. The highest BCUT2D eigenvalue weighted by molar-refractivity contribution is 6.00. The molecule has 2 aromatic carbocycles. The van der Waals surface area contributed by atoms with Crippen molar-refractivity contribution in [3.05, 3.63) is 60.3 Å². The second-order valence-corrected chi connectivity index (χ2v) is 8.06. The highest BCUT2D eigenvalue weighted by Crippen LogP contribution is 2.34. The Kier molecular flexibility index (Phi) is 5.98. The van der Waals surface area contributed by atoms with Crippen LogP contribution in [0.1, 0.15) is 32.3 Å². The van der Waals surface area contributed by atoms with Gasteiger partial charge in [-0.1, -0.05) is 44.2 Å². The molecule has 1 unspecified atom stereocenters. The Morgan fingerprint density at radius 1 is 1.10 bits per heavy atom. The quantitative estimate of drug-likeness (QED) is 0.661. The summed E-state index contributed by atoms with van der Waals surface area (Å²) in [6.45, 7) is 4.30. The molecule has 0 aliphatic carbocycles. The molecular weight excluding hydrogens is 390 g/mol. The molecule has 162 valence electrons. The van der Waals surface area contributed by atoms with Crippen molar-refractivity contribution in [3.8, 4) is 5.75 Å². The molecule has 1 aliphatic heterocycles. The van der Waals surface area contributed by atoms with Gasteiger partial charge in [-0.2, -0.15) is 0 Å². The Morgan fingerprint density at radius 2 is 1.81 bits per heavy atom. The summed E-state index contributed by atoms with van der Waals surface area (Å²) < 4.78 is 8.02. The highest BCUT2D eigenvalue weighted by Gasteiger charge is 2.34. The van der Waals surface area contributed by atoms with E-state index in [2.05, 4.69) is 5.32 Å². The monoisotopic (exact) mass is 419 g/mol. The van der Waals surface area contributed by atoms with Crippen molar-refractivity contribution in [1.82, 2.24) is 9.88 Å². The molecule has 1 aromatic heterocycles. The number of aromatic nitrogens is 1. The van der Waals surface area contributed by atoms with E-state index >= 15 is 0 Å². The first-order chi connectivity index (χ1) is 15.0. The van der Waals surface area contributed by atoms with Gasteiger partial charge in [0.2, 0.25) is 5.91 Å². The van der Waals surface area contributed by atoms with Crippen molar-refractivity contribution >= 4 is 28.4 Å². The van der Waals surface area contributed by atoms with E-state index in [1.54, 1.807) is 4.90 Å². The lowest BCUT2D eigenvalue weighted by atomic mass is 10.1. The van der Waals surface area contributed by atoms with E-state index in [9.17, 15) is 9.59 Å². The molecule has 0 bridgehead atoms. The van der Waals surface area contributed by atoms with Crippen LogP contribution in [0.15, 0.2) is 54.7 Å². The molecule has 6 nitrogen and oxygen atoms in total. The maximum absolute atomic E-state index is 13.4. The smallest absolute Gasteiger partial charge is 0.263 e. The van der Waals surface area contributed by atoms with E-state index in [1.165, 1.54) is 0 Å². The van der Waals surface area contributed by atoms with Gasteiger partial charge in [0.15, 0.2) is 6.10 Å². The fourth-order valence-electron chi connectivity index (χ4n) is 4.22. The van der Waals surface area contributed by atoms with Crippen LogP contribution in [0.4, 0.5) is 5.69 Å². The van der Waals surface area contributed by atoms with Crippen LogP contribution >= 0.6 is 0 Å². The van der Waals surface area contributed by atoms with Gasteiger partial charge in [-0.05, 0) is 36.6 Å². The first-order valence-electron chi connectivity index (χ1n) is 10.9. The summed E-state index contributed by atoms with van der Waals surface area (Å²) in [5.41, 5.74) is 2.78. The van der Waals surface area contributed by atoms with Crippen LogP contribution in [0, 0.1) is 0 Å². The first kappa shape index (κ1) is 21.0. The van der Waals surface area contributed by atoms with Crippen LogP contribution in [0.3, 0.4) is 0 Å². The number of nitrogens with one attached hydrogen (secondary N) is 1. The Bertz CT molecular complexity index is 1100. The zero-order valence-corrected chi connectivity index (χ0v) is 18.3. The van der Waals surface area contributed by atoms with Gasteiger partial charge in [0.05, 0.1) is 18.7 Å². The van der Waals surface area contributed by atoms with Crippen LogP contribution in [0.5, 0.6) is 5.75 Å². The normalized spacial score (nSPS) is 15.6. The molecular formula is C25H29N3O3. The lowest BCUT2D eigenvalue weighted by Crippen LogP contribution is -2.52. The van der Waals surface area contributed by atoms with Gasteiger partial charge in [0.25, 0.3) is 5.91 Å². The summed E-state index contributed by atoms with van der Waals surface area (Å²) in [5, 5.41) is 4.12. The Balaban J connectivity index is 1.59. The molecule has 0 spiro atoms. The molecule has 0 saturated carbocycles. The number of anilines is 1. The molecule has 2 heterocycles. The zero-order chi connectivity index (χ0) is 22.0. The molecule has 1 N–H and O–H groups in total. The summed E-state index contributed by atoms with van der Waals surface area (Å²) >= 11 is 0. The van der Waals surface area contributed by atoms with E-state index in [-0.39, 0.29) is 30.8 Å². The average molecular weight is 420 g/mol. The lowest BCUT2D eigenvalue weighted by Gasteiger charge is -2.34. The summed E-state index contributed by atoms with van der Waals surface area (Å²) in [4.78, 5) is 28.0. The number of para-hydroxylation sites is 3. The third kappa shape index (κ3) is 4.15. The van der Waals surface area contributed by atoms with Crippen LogP contribution in [-0.2, 0) is 23.1 Å². The Morgan fingerprint density at radius 3 is 2.58 bits per heavy atom. The average Bonchev–Trinajstić information content (AvgIpc) is 3.11. The second-order valence-electron chi connectivity index (χ2n) is 8.06. The number of hydrogen-bond donors (Lipinski definition) is 1. The summed E-state index contributed by atoms with van der Waals surface area (Å²) in [6, 6.07) is 15.6. The second kappa shape index (κ2) is 8.84. The van der Waals surface area contributed by atoms with Gasteiger partial charge in [0.1, 0.15) is 5.75 Å². The number of benzene rings is 2. The molecule has 3 aromatic rings. The van der Waals surface area contributed by atoms with Gasteiger partial charge in [-0.15, -0.1) is 0 Å². The van der Waals surface area contributed by atoms with Crippen molar-refractivity contribution in [2.24, 2.45) is 7.05 Å². The summed E-state index contributed by atoms with van der Waals surface area (Å²) in [5.74, 6) is 0.336. The number of carbonyl (C=O) groups is 2. The topological polar surface area (TPSA) is 63.6 Å². The lowest BCUT2D eigenvalue weighted by molar-refractivity contribution is -0.129. The Hall–Kier alpha value is -3.28. The molecule has 6 heteroatoms. The van der Waals surface area contributed by atoms with E-state index in [4.69, 9.17) is 4.74 Å². The fourth-order valence-corrected chi connectivity index (χ4v) is 4.22. The van der Waals surface area contributed by atoms with E-state index in [0.717, 1.165) is 29.3 Å². The largest absolute Gasteiger partial charge is 0.477 e. The maximum Gasteiger partial charge on any atom is 0.263 e. The third-order valence-electron chi connectivity index (χ3n) is 6.02. The van der Waals surface area contributed by atoms with Crippen LogP contribution in [0.25, 0.3) is 10.9 Å². The van der Waals surface area contributed by atoms with Crippen molar-refractivity contribution in [1.29, 1.82) is 0 Å². The van der Waals surface area contributed by atoms with Gasteiger partial charge in [-0.3, -0.25) is 9.59 Å². The van der Waals surface area contributed by atoms with Gasteiger partial charge in [0, 0.05) is 30.2 Å². The number of ether oxygens (including phenoxy) is 1. The number of hydrogen-bond acceptors (Lipinski definition) is 3. The molecule has 1 aliphatic rings. The van der Waals surface area contributed by atoms with Crippen LogP contribution in [0.2, 0.25) is 0 Å². The van der Waals surface area contributed by atoms with E-state index < -0.39 is 6.10 Å². The fraction of sp³-hybridized carbons (Fsp3) is 0.360. The van der Waals surface area contributed by atoms with Crippen molar-refractivity contribution < 1.29 is 14.3 Å². The van der Waals surface area contributed by atoms with Crippen molar-refractivity contribution in [2.75, 3.05) is 11.4 Å². The number of carbonyl (C=O) groups excluding carboxylic acids is 2. The number of amides is 2. The molecule has 1 atom stereocenters. The molecule has 0 fully saturated rings. The number of nitrogens with zero attached hydrogens (tertiary/aromatic N) is 2. The first-order valence-corrected chi connectivity index (χ1v) is 10.9.